The molecule has 4 heterocycles. The van der Waals surface area contributed by atoms with Crippen LogP contribution in [-0.2, 0) is 30.2 Å². The van der Waals surface area contributed by atoms with Gasteiger partial charge in [0.25, 0.3) is 0 Å². The number of nitrogens with zero attached hydrogens (tertiary/aromatic N) is 1. The zero-order valence-corrected chi connectivity index (χ0v) is 32.7. The van der Waals surface area contributed by atoms with Crippen molar-refractivity contribution < 1.29 is 43.2 Å². The number of benzene rings is 1. The van der Waals surface area contributed by atoms with E-state index in [-0.39, 0.29) is 41.0 Å². The first-order valence-corrected chi connectivity index (χ1v) is 19.1. The van der Waals surface area contributed by atoms with E-state index in [0.717, 1.165) is 12.0 Å². The van der Waals surface area contributed by atoms with Crippen LogP contribution in [0.4, 0.5) is 0 Å². The highest BCUT2D eigenvalue weighted by molar-refractivity contribution is 6.10. The van der Waals surface area contributed by atoms with Crippen molar-refractivity contribution in [1.29, 1.82) is 0 Å². The summed E-state index contributed by atoms with van der Waals surface area (Å²) in [5.41, 5.74) is -0.689. The molecule has 53 heavy (non-hydrogen) atoms. The van der Waals surface area contributed by atoms with E-state index < -0.39 is 46.3 Å². The van der Waals surface area contributed by atoms with Crippen LogP contribution in [0.3, 0.4) is 0 Å². The van der Waals surface area contributed by atoms with Crippen LogP contribution < -0.4 is 9.47 Å². The van der Waals surface area contributed by atoms with Crippen LogP contribution in [0.5, 0.6) is 17.2 Å². The summed E-state index contributed by atoms with van der Waals surface area (Å²) in [6.07, 6.45) is 12.2. The molecule has 0 radical (unpaired) electrons. The van der Waals surface area contributed by atoms with E-state index in [0.29, 0.717) is 68.0 Å². The molecule has 286 valence electrons. The fourth-order valence-corrected chi connectivity index (χ4v) is 10.3. The number of Topliss-reactive ketones (excluding diaryl/α,β-unsaturated/α-hetero) is 2. The third-order valence-electron chi connectivity index (χ3n) is 12.7. The highest BCUT2D eigenvalue weighted by Crippen LogP contribution is 2.71. The number of esters is 1. The van der Waals surface area contributed by atoms with Gasteiger partial charge >= 0.3 is 5.97 Å². The Kier molecular flexibility index (Phi) is 9.39. The molecule has 3 saturated carbocycles. The summed E-state index contributed by atoms with van der Waals surface area (Å²) in [5.74, 6) is -2.04. The maximum atomic E-state index is 15.6. The van der Waals surface area contributed by atoms with Crippen LogP contribution in [0.1, 0.15) is 103 Å². The number of aromatic hydroxyl groups is 1. The summed E-state index contributed by atoms with van der Waals surface area (Å²) in [6, 6.07) is -0.485. The minimum atomic E-state index is -1.58. The molecular formula is C43H55NO9. The van der Waals surface area contributed by atoms with Crippen LogP contribution in [0, 0.1) is 17.8 Å². The van der Waals surface area contributed by atoms with Gasteiger partial charge in [-0.3, -0.25) is 14.5 Å². The average Bonchev–Trinajstić information content (AvgIpc) is 3.25. The average molecular weight is 730 g/mol. The summed E-state index contributed by atoms with van der Waals surface area (Å²) >= 11 is 0. The molecule has 4 aliphatic heterocycles. The van der Waals surface area contributed by atoms with Crippen LogP contribution in [0.25, 0.3) is 6.08 Å². The highest BCUT2D eigenvalue weighted by Gasteiger charge is 2.85. The molecule has 2 saturated heterocycles. The number of rotatable bonds is 9. The van der Waals surface area contributed by atoms with Crippen molar-refractivity contribution in [2.45, 2.75) is 116 Å². The Morgan fingerprint density at radius 2 is 1.70 bits per heavy atom. The molecule has 1 spiro atoms. The molecule has 7 unspecified atom stereocenters. The summed E-state index contributed by atoms with van der Waals surface area (Å²) in [4.78, 5) is 45.7. The lowest BCUT2D eigenvalue weighted by Gasteiger charge is -2.64. The number of phenols is 1. The standard InChI is InChI=1S/C43H55NO9/c1-24(2)11-10-16-41(8)17-15-27-34(45)31-35(46)32-33(44-19-21-50-22-20-44)29-23-30-40(6,7)53-42(38(29)47,18-14-26(5)39(48)49-9)43(30,32)52-37(31)28(36(27)51-41)13-12-25(3)4/h11-12,14-15,17,29-30,32-33,45H,10,13,16,18-23H2,1-9H3. The second kappa shape index (κ2) is 13.2. The van der Waals surface area contributed by atoms with Crippen molar-refractivity contribution in [3.05, 3.63) is 57.7 Å². The van der Waals surface area contributed by atoms with E-state index in [4.69, 9.17) is 23.7 Å². The number of ether oxygens (including phenoxy) is 5. The SMILES string of the molecule is COC(=O)C(C)=CCC12OC(C)(C)C3CC(C1=O)C(N1CCOCC1)C1C(=O)c4c(O)c5c(c(CC=C(C)C)c4OC132)OC(C)(CCC=C(C)C)C=C5. The van der Waals surface area contributed by atoms with E-state index >= 15 is 9.59 Å². The number of carbonyl (C=O) groups is 3. The minimum Gasteiger partial charge on any atom is -0.506 e. The molecule has 10 heteroatoms. The number of hydrogen-bond donors (Lipinski definition) is 1. The fraction of sp³-hybridized carbons (Fsp3) is 0.605. The predicted molar refractivity (Wildman–Crippen MR) is 200 cm³/mol. The Morgan fingerprint density at radius 3 is 2.36 bits per heavy atom. The number of ketones is 2. The fourth-order valence-electron chi connectivity index (χ4n) is 10.3. The second-order valence-corrected chi connectivity index (χ2v) is 17.1. The molecule has 8 rings (SSSR count). The molecule has 0 amide bonds. The van der Waals surface area contributed by atoms with E-state index in [2.05, 4.69) is 30.9 Å². The largest absolute Gasteiger partial charge is 0.506 e. The van der Waals surface area contributed by atoms with Gasteiger partial charge in [0.1, 0.15) is 28.4 Å². The molecule has 10 nitrogen and oxygen atoms in total. The number of carbonyl (C=O) groups excluding carboxylic acids is 3. The van der Waals surface area contributed by atoms with Gasteiger partial charge in [0, 0.05) is 48.5 Å². The summed E-state index contributed by atoms with van der Waals surface area (Å²) in [6.45, 7) is 17.9. The van der Waals surface area contributed by atoms with Gasteiger partial charge in [-0.05, 0) is 93.2 Å². The number of methoxy groups -OCH3 is 1. The number of phenolic OH excluding ortho intramolecular Hbond substituents is 1. The molecule has 1 aromatic rings. The number of fused-ring (bicyclic) bond motifs is 2. The smallest absolute Gasteiger partial charge is 0.333 e. The Balaban J connectivity index is 1.48. The topological polar surface area (TPSA) is 121 Å². The van der Waals surface area contributed by atoms with Crippen molar-refractivity contribution >= 4 is 23.6 Å². The highest BCUT2D eigenvalue weighted by atomic mass is 16.6. The Hall–Kier alpha value is -3.73. The van der Waals surface area contributed by atoms with Gasteiger partial charge < -0.3 is 28.8 Å². The maximum absolute atomic E-state index is 15.6. The molecule has 7 atom stereocenters. The molecule has 7 aliphatic rings. The summed E-state index contributed by atoms with van der Waals surface area (Å²) < 4.78 is 32.2. The van der Waals surface area contributed by atoms with Crippen LogP contribution in [0.15, 0.2) is 41.0 Å². The molecule has 1 N–H and O–H groups in total. The van der Waals surface area contributed by atoms with E-state index in [9.17, 15) is 9.90 Å². The van der Waals surface area contributed by atoms with Crippen molar-refractivity contribution in [3.8, 4) is 17.2 Å². The van der Waals surface area contributed by atoms with Crippen LogP contribution >= 0.6 is 0 Å². The zero-order valence-electron chi connectivity index (χ0n) is 32.7. The van der Waals surface area contributed by atoms with Crippen molar-refractivity contribution in [3.63, 3.8) is 0 Å². The van der Waals surface area contributed by atoms with Gasteiger partial charge in [0.2, 0.25) is 0 Å². The van der Waals surface area contributed by atoms with E-state index in [1.165, 1.54) is 12.7 Å². The van der Waals surface area contributed by atoms with Crippen molar-refractivity contribution in [2.75, 3.05) is 33.4 Å². The molecule has 0 aromatic heterocycles. The summed E-state index contributed by atoms with van der Waals surface area (Å²) in [7, 11) is 1.32. The Labute approximate surface area is 313 Å². The molecule has 4 bridgehead atoms. The second-order valence-electron chi connectivity index (χ2n) is 17.1. The number of allylic oxidation sites excluding steroid dienone is 4. The Bertz CT molecular complexity index is 1860. The third-order valence-corrected chi connectivity index (χ3v) is 12.7. The van der Waals surface area contributed by atoms with Crippen LogP contribution in [0.2, 0.25) is 0 Å². The van der Waals surface area contributed by atoms with Crippen molar-refractivity contribution in [2.24, 2.45) is 17.8 Å². The monoisotopic (exact) mass is 729 g/mol. The van der Waals surface area contributed by atoms with Gasteiger partial charge in [0.15, 0.2) is 22.8 Å². The molecule has 1 aromatic carbocycles. The quantitative estimate of drug-likeness (QED) is 0.167. The van der Waals surface area contributed by atoms with Crippen LogP contribution in [-0.4, -0.2) is 89.4 Å². The van der Waals surface area contributed by atoms with Crippen molar-refractivity contribution in [1.82, 2.24) is 4.90 Å². The normalized spacial score (nSPS) is 33.6. The lowest BCUT2D eigenvalue weighted by Crippen LogP contribution is -2.82. The van der Waals surface area contributed by atoms with Gasteiger partial charge in [-0.2, -0.15) is 0 Å². The van der Waals surface area contributed by atoms with Gasteiger partial charge in [-0.25, -0.2) is 4.79 Å². The van der Waals surface area contributed by atoms with Gasteiger partial charge in [-0.1, -0.05) is 29.4 Å². The maximum Gasteiger partial charge on any atom is 0.333 e. The first-order chi connectivity index (χ1) is 25.0. The van der Waals surface area contributed by atoms with E-state index in [1.54, 1.807) is 13.0 Å². The number of morpholine rings is 1. The third kappa shape index (κ3) is 5.65. The first-order valence-electron chi connectivity index (χ1n) is 19.1. The number of hydrogen-bond acceptors (Lipinski definition) is 10. The van der Waals surface area contributed by atoms with E-state index in [1.807, 2.05) is 46.8 Å². The lowest BCUT2D eigenvalue weighted by atomic mass is 9.44. The lowest BCUT2D eigenvalue weighted by molar-refractivity contribution is -0.216. The van der Waals surface area contributed by atoms with Gasteiger partial charge in [0.05, 0.1) is 37.4 Å². The Morgan fingerprint density at radius 1 is 1.00 bits per heavy atom. The predicted octanol–water partition coefficient (Wildman–Crippen LogP) is 6.72. The molecular weight excluding hydrogens is 674 g/mol. The minimum absolute atomic E-state index is 0.0278. The first kappa shape index (κ1) is 37.6. The molecule has 3 aliphatic carbocycles. The van der Waals surface area contributed by atoms with Gasteiger partial charge in [-0.15, -0.1) is 0 Å². The summed E-state index contributed by atoms with van der Waals surface area (Å²) in [5, 5.41) is 12.2. The molecule has 5 fully saturated rings. The zero-order chi connectivity index (χ0) is 38.2.